The van der Waals surface area contributed by atoms with E-state index in [-0.39, 0.29) is 5.78 Å². The van der Waals surface area contributed by atoms with Crippen LogP contribution in [0.25, 0.3) is 0 Å². The largest absolute Gasteiger partial charge is 0.496 e. The number of hydrogen-bond donors (Lipinski definition) is 1. The van der Waals surface area contributed by atoms with Crippen LogP contribution in [0.1, 0.15) is 25.7 Å². The first-order chi connectivity index (χ1) is 8.52. The lowest BCUT2D eigenvalue weighted by Gasteiger charge is -2.08. The van der Waals surface area contributed by atoms with E-state index in [4.69, 9.17) is 10.5 Å². The van der Waals surface area contributed by atoms with E-state index in [9.17, 15) is 4.79 Å². The van der Waals surface area contributed by atoms with Crippen molar-refractivity contribution in [2.24, 2.45) is 0 Å². The van der Waals surface area contributed by atoms with Crippen LogP contribution in [0.4, 0.5) is 5.69 Å². The van der Waals surface area contributed by atoms with Crippen molar-refractivity contribution in [2.75, 3.05) is 12.8 Å². The number of nitrogen functional groups attached to an aromatic ring is 1. The topological polar surface area (TPSA) is 52.3 Å². The summed E-state index contributed by atoms with van der Waals surface area (Å²) in [4.78, 5) is 14.6. The van der Waals surface area contributed by atoms with Gasteiger partial charge < -0.3 is 10.5 Å². The molecule has 0 aliphatic rings. The number of ketones is 1. The van der Waals surface area contributed by atoms with Gasteiger partial charge >= 0.3 is 0 Å². The molecule has 94 valence electrons. The minimum Gasteiger partial charge on any atom is -0.496 e. The summed E-state index contributed by atoms with van der Waals surface area (Å²) in [6.45, 7) is 3.94. The summed E-state index contributed by atoms with van der Waals surface area (Å²) in [5, 5.41) is 0. The number of ether oxygens (including phenoxy) is 1. The van der Waals surface area contributed by atoms with E-state index in [1.165, 1.54) is 0 Å². The maximum atomic E-state index is 12.5. The third-order valence-electron chi connectivity index (χ3n) is 2.75. The molecule has 0 aliphatic carbocycles. The van der Waals surface area contributed by atoms with Crippen molar-refractivity contribution in [3.05, 3.63) is 45.1 Å². The molecule has 3 nitrogen and oxygen atoms in total. The third kappa shape index (κ3) is 2.24. The first kappa shape index (κ1) is 12.6. The van der Waals surface area contributed by atoms with Gasteiger partial charge in [-0.15, -0.1) is 11.3 Å². The van der Waals surface area contributed by atoms with E-state index in [2.05, 4.69) is 0 Å². The van der Waals surface area contributed by atoms with Crippen LogP contribution in [-0.4, -0.2) is 12.9 Å². The van der Waals surface area contributed by atoms with Crippen molar-refractivity contribution < 1.29 is 9.53 Å². The van der Waals surface area contributed by atoms with Gasteiger partial charge in [-0.2, -0.15) is 0 Å². The van der Waals surface area contributed by atoms with Crippen LogP contribution in [0.15, 0.2) is 24.3 Å². The summed E-state index contributed by atoms with van der Waals surface area (Å²) >= 11 is 1.62. The Morgan fingerprint density at radius 3 is 2.50 bits per heavy atom. The van der Waals surface area contributed by atoms with Crippen LogP contribution in [0, 0.1) is 13.8 Å². The molecule has 0 aliphatic heterocycles. The van der Waals surface area contributed by atoms with E-state index in [1.54, 1.807) is 36.6 Å². The van der Waals surface area contributed by atoms with Crippen LogP contribution < -0.4 is 10.5 Å². The Labute approximate surface area is 110 Å². The molecule has 2 N–H and O–H groups in total. The van der Waals surface area contributed by atoms with Crippen molar-refractivity contribution in [3.63, 3.8) is 0 Å². The number of methoxy groups -OCH3 is 1. The van der Waals surface area contributed by atoms with Crippen molar-refractivity contribution in [1.29, 1.82) is 0 Å². The van der Waals surface area contributed by atoms with E-state index in [0.29, 0.717) is 17.0 Å². The van der Waals surface area contributed by atoms with Crippen LogP contribution in [-0.2, 0) is 0 Å². The maximum Gasteiger partial charge on any atom is 0.197 e. The van der Waals surface area contributed by atoms with E-state index < -0.39 is 0 Å². The maximum absolute atomic E-state index is 12.5. The summed E-state index contributed by atoms with van der Waals surface area (Å²) in [5.41, 5.74) is 7.53. The molecular weight excluding hydrogens is 246 g/mol. The van der Waals surface area contributed by atoms with Gasteiger partial charge in [-0.3, -0.25) is 4.79 Å². The molecule has 0 fully saturated rings. The van der Waals surface area contributed by atoms with Gasteiger partial charge in [0.2, 0.25) is 0 Å². The Morgan fingerprint density at radius 2 is 1.94 bits per heavy atom. The normalized spacial score (nSPS) is 10.4. The molecule has 0 radical (unpaired) electrons. The highest BCUT2D eigenvalue weighted by atomic mass is 32.1. The van der Waals surface area contributed by atoms with Gasteiger partial charge in [0.25, 0.3) is 0 Å². The molecule has 0 saturated heterocycles. The summed E-state index contributed by atoms with van der Waals surface area (Å²) in [5.74, 6) is 0.512. The number of carbonyl (C=O) groups is 1. The fourth-order valence-corrected chi connectivity index (χ4v) is 2.83. The van der Waals surface area contributed by atoms with Gasteiger partial charge in [-0.1, -0.05) is 0 Å². The van der Waals surface area contributed by atoms with E-state index in [0.717, 1.165) is 15.3 Å². The Kier molecular flexibility index (Phi) is 3.39. The van der Waals surface area contributed by atoms with Gasteiger partial charge in [0, 0.05) is 21.0 Å². The zero-order chi connectivity index (χ0) is 13.3. The summed E-state index contributed by atoms with van der Waals surface area (Å²) in [6.07, 6.45) is 0. The monoisotopic (exact) mass is 261 g/mol. The number of carbonyl (C=O) groups excluding carboxylic acids is 1. The Morgan fingerprint density at radius 1 is 1.22 bits per heavy atom. The van der Waals surface area contributed by atoms with Crippen molar-refractivity contribution in [2.45, 2.75) is 13.8 Å². The quantitative estimate of drug-likeness (QED) is 0.682. The highest BCUT2D eigenvalue weighted by Gasteiger charge is 2.18. The lowest BCUT2D eigenvalue weighted by molar-refractivity contribution is 0.103. The molecule has 4 heteroatoms. The third-order valence-corrected chi connectivity index (χ3v) is 3.72. The highest BCUT2D eigenvalue weighted by Crippen LogP contribution is 2.28. The molecule has 1 aromatic heterocycles. The average Bonchev–Trinajstić information content (AvgIpc) is 2.67. The fourth-order valence-electron chi connectivity index (χ4n) is 1.90. The Bertz CT molecular complexity index is 602. The van der Waals surface area contributed by atoms with Crippen LogP contribution in [0.3, 0.4) is 0 Å². The van der Waals surface area contributed by atoms with E-state index in [1.807, 2.05) is 19.9 Å². The van der Waals surface area contributed by atoms with Gasteiger partial charge in [0.05, 0.1) is 12.7 Å². The molecular formula is C14H15NO2S. The Hall–Kier alpha value is -1.81. The molecule has 0 spiro atoms. The van der Waals surface area contributed by atoms with Gasteiger partial charge in [0.15, 0.2) is 5.78 Å². The Balaban J connectivity index is 2.51. The molecule has 0 unspecified atom stereocenters. The molecule has 18 heavy (non-hydrogen) atoms. The highest BCUT2D eigenvalue weighted by molar-refractivity contribution is 7.12. The van der Waals surface area contributed by atoms with E-state index >= 15 is 0 Å². The number of nitrogens with two attached hydrogens (primary N) is 1. The summed E-state index contributed by atoms with van der Waals surface area (Å²) in [6, 6.07) is 7.01. The molecule has 0 atom stereocenters. The predicted octanol–water partition coefficient (Wildman–Crippen LogP) is 3.19. The SMILES string of the molecule is COc1ccc(N)cc1C(=O)c1cc(C)sc1C. The molecule has 1 heterocycles. The number of aryl methyl sites for hydroxylation is 2. The zero-order valence-electron chi connectivity index (χ0n) is 10.6. The van der Waals surface area contributed by atoms with Crippen LogP contribution >= 0.6 is 11.3 Å². The fraction of sp³-hybridized carbons (Fsp3) is 0.214. The number of rotatable bonds is 3. The molecule has 1 aromatic carbocycles. The number of hydrogen-bond acceptors (Lipinski definition) is 4. The minimum atomic E-state index is -0.0407. The summed E-state index contributed by atoms with van der Waals surface area (Å²) in [7, 11) is 1.55. The smallest absolute Gasteiger partial charge is 0.197 e. The predicted molar refractivity (Wildman–Crippen MR) is 74.6 cm³/mol. The second-order valence-electron chi connectivity index (χ2n) is 4.12. The van der Waals surface area contributed by atoms with Gasteiger partial charge in [-0.25, -0.2) is 0 Å². The zero-order valence-corrected chi connectivity index (χ0v) is 11.4. The number of anilines is 1. The number of benzene rings is 1. The van der Waals surface area contributed by atoms with Crippen LogP contribution in [0.5, 0.6) is 5.75 Å². The summed E-state index contributed by atoms with van der Waals surface area (Å²) < 4.78 is 5.22. The van der Waals surface area contributed by atoms with Gasteiger partial charge in [0.1, 0.15) is 5.75 Å². The lowest BCUT2D eigenvalue weighted by atomic mass is 10.0. The van der Waals surface area contributed by atoms with Crippen LogP contribution in [0.2, 0.25) is 0 Å². The van der Waals surface area contributed by atoms with Crippen molar-refractivity contribution in [1.82, 2.24) is 0 Å². The average molecular weight is 261 g/mol. The molecule has 0 amide bonds. The lowest BCUT2D eigenvalue weighted by Crippen LogP contribution is -2.05. The van der Waals surface area contributed by atoms with Crippen molar-refractivity contribution >= 4 is 22.8 Å². The van der Waals surface area contributed by atoms with Gasteiger partial charge in [-0.05, 0) is 38.1 Å². The first-order valence-electron chi connectivity index (χ1n) is 5.58. The van der Waals surface area contributed by atoms with Crippen molar-refractivity contribution in [3.8, 4) is 5.75 Å². The molecule has 0 saturated carbocycles. The first-order valence-corrected chi connectivity index (χ1v) is 6.40. The second-order valence-corrected chi connectivity index (χ2v) is 5.58. The molecule has 2 aromatic rings. The standard InChI is InChI=1S/C14H15NO2S/c1-8-6-11(9(2)18-8)14(16)12-7-10(15)4-5-13(12)17-3/h4-7H,15H2,1-3H3. The molecule has 2 rings (SSSR count). The second kappa shape index (κ2) is 4.82. The minimum absolute atomic E-state index is 0.0407. The molecule has 0 bridgehead atoms. The number of thiophene rings is 1.